The topological polar surface area (TPSA) is 88.4 Å². The molecule has 0 spiro atoms. The van der Waals surface area contributed by atoms with Crippen LogP contribution in [0.5, 0.6) is 0 Å². The molecule has 6 nitrogen and oxygen atoms in total. The summed E-state index contributed by atoms with van der Waals surface area (Å²) in [6.45, 7) is -0.380. The second-order valence-electron chi connectivity index (χ2n) is 3.14. The van der Waals surface area contributed by atoms with E-state index in [-0.39, 0.29) is 6.61 Å². The third-order valence-electron chi connectivity index (χ3n) is 2.33. The van der Waals surface area contributed by atoms with Gasteiger partial charge in [0.25, 0.3) is 0 Å². The molecule has 0 aliphatic carbocycles. The zero-order chi connectivity index (χ0) is 10.7. The van der Waals surface area contributed by atoms with E-state index in [0.29, 0.717) is 0 Å². The Labute approximate surface area is 82.0 Å². The molecule has 1 saturated heterocycles. The SMILES string of the molecule is CO[C@@H]1O[C@H](CO)[C@H](O)[C@H](O)[C@H]1OC. The van der Waals surface area contributed by atoms with E-state index in [1.54, 1.807) is 0 Å². The first-order valence-corrected chi connectivity index (χ1v) is 4.33. The van der Waals surface area contributed by atoms with E-state index >= 15 is 0 Å². The molecule has 0 radical (unpaired) electrons. The van der Waals surface area contributed by atoms with Crippen molar-refractivity contribution in [1.82, 2.24) is 0 Å². The first-order chi connectivity index (χ1) is 6.65. The lowest BCUT2D eigenvalue weighted by atomic mass is 9.99. The Bertz CT molecular complexity index is 173. The van der Waals surface area contributed by atoms with E-state index in [2.05, 4.69) is 0 Å². The fourth-order valence-corrected chi connectivity index (χ4v) is 1.50. The third kappa shape index (κ3) is 2.05. The maximum absolute atomic E-state index is 9.59. The Morgan fingerprint density at radius 2 is 1.79 bits per heavy atom. The lowest BCUT2D eigenvalue weighted by Crippen LogP contribution is -2.59. The summed E-state index contributed by atoms with van der Waals surface area (Å²) in [7, 11) is 2.78. The summed E-state index contributed by atoms with van der Waals surface area (Å²) in [6.07, 6.45) is -4.68. The molecule has 1 heterocycles. The van der Waals surface area contributed by atoms with Crippen molar-refractivity contribution in [3.05, 3.63) is 0 Å². The van der Waals surface area contributed by atoms with E-state index in [1.807, 2.05) is 0 Å². The molecule has 1 rings (SSSR count). The van der Waals surface area contributed by atoms with Crippen LogP contribution in [-0.4, -0.2) is 66.9 Å². The average molecular weight is 208 g/mol. The number of methoxy groups -OCH3 is 2. The lowest BCUT2D eigenvalue weighted by molar-refractivity contribution is -0.299. The van der Waals surface area contributed by atoms with Gasteiger partial charge in [0.15, 0.2) is 6.29 Å². The Morgan fingerprint density at radius 1 is 1.14 bits per heavy atom. The molecule has 0 bridgehead atoms. The van der Waals surface area contributed by atoms with Gasteiger partial charge in [0.1, 0.15) is 24.4 Å². The smallest absolute Gasteiger partial charge is 0.186 e. The van der Waals surface area contributed by atoms with Crippen molar-refractivity contribution in [1.29, 1.82) is 0 Å². The predicted molar refractivity (Wildman–Crippen MR) is 45.6 cm³/mol. The van der Waals surface area contributed by atoms with Crippen LogP contribution in [0.1, 0.15) is 0 Å². The largest absolute Gasteiger partial charge is 0.394 e. The number of ether oxygens (including phenoxy) is 3. The molecule has 0 aromatic carbocycles. The van der Waals surface area contributed by atoms with Gasteiger partial charge in [-0.3, -0.25) is 0 Å². The molecular weight excluding hydrogens is 192 g/mol. The van der Waals surface area contributed by atoms with Crippen molar-refractivity contribution in [2.45, 2.75) is 30.7 Å². The van der Waals surface area contributed by atoms with Gasteiger partial charge in [0, 0.05) is 14.2 Å². The summed E-state index contributed by atoms with van der Waals surface area (Å²) in [5, 5.41) is 27.9. The van der Waals surface area contributed by atoms with E-state index in [9.17, 15) is 10.2 Å². The van der Waals surface area contributed by atoms with Gasteiger partial charge in [-0.15, -0.1) is 0 Å². The normalized spacial score (nSPS) is 43.9. The standard InChI is InChI=1S/C8H16O6/c1-12-7-6(11)5(10)4(3-9)14-8(7)13-2/h4-11H,3H2,1-2H3/t4-,5+,6+,7-,8-/m1/s1. The van der Waals surface area contributed by atoms with Crippen LogP contribution in [0.3, 0.4) is 0 Å². The summed E-state index contributed by atoms with van der Waals surface area (Å²) in [5.41, 5.74) is 0. The maximum atomic E-state index is 9.59. The number of aliphatic hydroxyl groups excluding tert-OH is 3. The molecule has 1 aliphatic rings. The van der Waals surface area contributed by atoms with E-state index in [0.717, 1.165) is 0 Å². The van der Waals surface area contributed by atoms with E-state index in [4.69, 9.17) is 19.3 Å². The van der Waals surface area contributed by atoms with Gasteiger partial charge in [-0.05, 0) is 0 Å². The van der Waals surface area contributed by atoms with Crippen molar-refractivity contribution in [3.63, 3.8) is 0 Å². The Morgan fingerprint density at radius 3 is 2.21 bits per heavy atom. The molecule has 0 aromatic rings. The minimum Gasteiger partial charge on any atom is -0.394 e. The van der Waals surface area contributed by atoms with Crippen molar-refractivity contribution < 1.29 is 29.5 Å². The highest BCUT2D eigenvalue weighted by Gasteiger charge is 2.44. The first kappa shape index (κ1) is 11.8. The first-order valence-electron chi connectivity index (χ1n) is 4.33. The molecule has 3 N–H and O–H groups in total. The third-order valence-corrected chi connectivity index (χ3v) is 2.33. The van der Waals surface area contributed by atoms with Gasteiger partial charge in [-0.2, -0.15) is 0 Å². The molecule has 1 fully saturated rings. The van der Waals surface area contributed by atoms with Crippen molar-refractivity contribution >= 4 is 0 Å². The maximum Gasteiger partial charge on any atom is 0.186 e. The van der Waals surface area contributed by atoms with E-state index in [1.165, 1.54) is 14.2 Å². The predicted octanol–water partition coefficient (Wildman–Crippen LogP) is -1.91. The number of rotatable bonds is 3. The molecule has 0 amide bonds. The van der Waals surface area contributed by atoms with Gasteiger partial charge >= 0.3 is 0 Å². The molecule has 6 heteroatoms. The minimum absolute atomic E-state index is 0.380. The minimum atomic E-state index is -1.17. The second-order valence-corrected chi connectivity index (χ2v) is 3.14. The van der Waals surface area contributed by atoms with Gasteiger partial charge in [0.05, 0.1) is 6.61 Å². The fourth-order valence-electron chi connectivity index (χ4n) is 1.50. The molecule has 0 unspecified atom stereocenters. The Kier molecular flexibility index (Phi) is 4.24. The molecule has 1 aliphatic heterocycles. The van der Waals surface area contributed by atoms with Gasteiger partial charge < -0.3 is 29.5 Å². The highest BCUT2D eigenvalue weighted by molar-refractivity contribution is 4.89. The number of hydrogen-bond donors (Lipinski definition) is 3. The highest BCUT2D eigenvalue weighted by Crippen LogP contribution is 2.23. The van der Waals surface area contributed by atoms with Crippen LogP contribution in [-0.2, 0) is 14.2 Å². The van der Waals surface area contributed by atoms with Crippen LogP contribution in [0.15, 0.2) is 0 Å². The summed E-state index contributed by atoms with van der Waals surface area (Å²) in [4.78, 5) is 0. The summed E-state index contributed by atoms with van der Waals surface area (Å²) >= 11 is 0. The van der Waals surface area contributed by atoms with Gasteiger partial charge in [-0.1, -0.05) is 0 Å². The highest BCUT2D eigenvalue weighted by atomic mass is 16.7. The molecule has 14 heavy (non-hydrogen) atoms. The Hall–Kier alpha value is -0.240. The second kappa shape index (κ2) is 5.01. The van der Waals surface area contributed by atoms with Gasteiger partial charge in [-0.25, -0.2) is 0 Å². The lowest BCUT2D eigenvalue weighted by Gasteiger charge is -2.40. The Balaban J connectivity index is 2.71. The number of hydrogen-bond acceptors (Lipinski definition) is 6. The molecule has 0 saturated carbocycles. The van der Waals surface area contributed by atoms with Crippen molar-refractivity contribution in [2.75, 3.05) is 20.8 Å². The van der Waals surface area contributed by atoms with E-state index < -0.39 is 30.7 Å². The van der Waals surface area contributed by atoms with Crippen molar-refractivity contribution in [3.8, 4) is 0 Å². The summed E-state index contributed by atoms with van der Waals surface area (Å²) in [5.74, 6) is 0. The quantitative estimate of drug-likeness (QED) is 0.501. The van der Waals surface area contributed by atoms with Crippen LogP contribution in [0.25, 0.3) is 0 Å². The van der Waals surface area contributed by atoms with Crippen LogP contribution in [0.4, 0.5) is 0 Å². The van der Waals surface area contributed by atoms with Crippen LogP contribution in [0.2, 0.25) is 0 Å². The van der Waals surface area contributed by atoms with Crippen LogP contribution < -0.4 is 0 Å². The molecule has 5 atom stereocenters. The summed E-state index contributed by atoms with van der Waals surface area (Å²) in [6, 6.07) is 0. The number of aliphatic hydroxyl groups is 3. The van der Waals surface area contributed by atoms with Gasteiger partial charge in [0.2, 0.25) is 0 Å². The summed E-state index contributed by atoms with van der Waals surface area (Å²) < 4.78 is 15.0. The monoisotopic (exact) mass is 208 g/mol. The van der Waals surface area contributed by atoms with Crippen LogP contribution >= 0.6 is 0 Å². The van der Waals surface area contributed by atoms with Crippen LogP contribution in [0, 0.1) is 0 Å². The fraction of sp³-hybridized carbons (Fsp3) is 1.00. The zero-order valence-electron chi connectivity index (χ0n) is 8.16. The zero-order valence-corrected chi connectivity index (χ0v) is 8.16. The molecule has 84 valence electrons. The van der Waals surface area contributed by atoms with Crippen molar-refractivity contribution in [2.24, 2.45) is 0 Å². The molecular formula is C8H16O6. The molecule has 0 aromatic heterocycles. The average Bonchev–Trinajstić information content (AvgIpc) is 2.21.